The van der Waals surface area contributed by atoms with Crippen LogP contribution in [0.4, 0.5) is 0 Å². The highest BCUT2D eigenvalue weighted by atomic mass is 16.7. The average molecular weight is 347 g/mol. The summed E-state index contributed by atoms with van der Waals surface area (Å²) in [5, 5.41) is 4.30. The fourth-order valence-corrected chi connectivity index (χ4v) is 4.65. The van der Waals surface area contributed by atoms with Crippen molar-refractivity contribution in [2.24, 2.45) is 21.9 Å². The monoisotopic (exact) mass is 347 g/mol. The summed E-state index contributed by atoms with van der Waals surface area (Å²) in [6, 6.07) is 17.6. The van der Waals surface area contributed by atoms with Gasteiger partial charge < -0.3 is 4.84 Å². The molecule has 2 aliphatic carbocycles. The Morgan fingerprint density at radius 2 is 1.65 bits per heavy atom. The van der Waals surface area contributed by atoms with E-state index >= 15 is 0 Å². The quantitative estimate of drug-likeness (QED) is 0.527. The molecule has 0 spiro atoms. The molecule has 2 saturated carbocycles. The van der Waals surface area contributed by atoms with Gasteiger partial charge in [0.05, 0.1) is 11.3 Å². The highest BCUT2D eigenvalue weighted by Crippen LogP contribution is 2.64. The molecule has 0 aliphatic heterocycles. The first-order valence-corrected chi connectivity index (χ1v) is 9.36. The number of oxime groups is 1. The second kappa shape index (κ2) is 6.08. The standard InChI is InChI=1S/C23H25NO2/c1-22(2)19-13-14-23(22,3)20(15-19)24-26-21(25)18-11-9-17(10-12-18)16-7-5-4-6-8-16/h4-12,19H,13-15H2,1-3H3/b24-20+/t19-,23-/m1/s1. The predicted octanol–water partition coefficient (Wildman–Crippen LogP) is 5.71. The zero-order valence-electron chi connectivity index (χ0n) is 15.7. The molecule has 2 fully saturated rings. The summed E-state index contributed by atoms with van der Waals surface area (Å²) in [5.74, 6) is 0.261. The first kappa shape index (κ1) is 17.0. The summed E-state index contributed by atoms with van der Waals surface area (Å²) >= 11 is 0. The number of carbonyl (C=O) groups excluding carboxylic acids is 1. The molecule has 3 nitrogen and oxygen atoms in total. The van der Waals surface area contributed by atoms with Gasteiger partial charge in [-0.25, -0.2) is 4.79 Å². The first-order valence-electron chi connectivity index (χ1n) is 9.36. The normalized spacial score (nSPS) is 27.7. The Labute approximate surface area is 155 Å². The molecule has 3 heteroatoms. The van der Waals surface area contributed by atoms with E-state index in [9.17, 15) is 4.79 Å². The molecule has 0 N–H and O–H groups in total. The minimum atomic E-state index is -0.388. The van der Waals surface area contributed by atoms with Crippen molar-refractivity contribution >= 4 is 11.7 Å². The summed E-state index contributed by atoms with van der Waals surface area (Å²) in [6.07, 6.45) is 3.33. The molecule has 2 atom stereocenters. The van der Waals surface area contributed by atoms with Crippen LogP contribution >= 0.6 is 0 Å². The summed E-state index contributed by atoms with van der Waals surface area (Å²) in [4.78, 5) is 17.7. The predicted molar refractivity (Wildman–Crippen MR) is 104 cm³/mol. The second-order valence-electron chi connectivity index (χ2n) is 8.35. The van der Waals surface area contributed by atoms with E-state index in [1.54, 1.807) is 12.1 Å². The lowest BCUT2D eigenvalue weighted by Crippen LogP contribution is -2.32. The number of hydrogen-bond donors (Lipinski definition) is 0. The zero-order chi connectivity index (χ0) is 18.4. The Morgan fingerprint density at radius 3 is 2.23 bits per heavy atom. The van der Waals surface area contributed by atoms with Gasteiger partial charge >= 0.3 is 5.97 Å². The van der Waals surface area contributed by atoms with E-state index in [-0.39, 0.29) is 16.8 Å². The van der Waals surface area contributed by atoms with E-state index < -0.39 is 0 Å². The SMILES string of the molecule is CC1(C)[C@@H]2CC[C@]1(C)/C(=N/OC(=O)c1ccc(-c3ccccc3)cc1)C2. The van der Waals surface area contributed by atoms with Crippen molar-refractivity contribution in [2.45, 2.75) is 40.0 Å². The van der Waals surface area contributed by atoms with Crippen LogP contribution in [0.25, 0.3) is 11.1 Å². The van der Waals surface area contributed by atoms with Crippen LogP contribution in [0.2, 0.25) is 0 Å². The largest absolute Gasteiger partial charge is 0.365 e. The molecule has 2 bridgehead atoms. The number of hydrogen-bond acceptors (Lipinski definition) is 3. The fourth-order valence-electron chi connectivity index (χ4n) is 4.65. The second-order valence-corrected chi connectivity index (χ2v) is 8.35. The van der Waals surface area contributed by atoms with Crippen molar-refractivity contribution in [1.82, 2.24) is 0 Å². The Bertz CT molecular complexity index is 852. The Kier molecular flexibility index (Phi) is 3.98. The van der Waals surface area contributed by atoms with Gasteiger partial charge in [0.1, 0.15) is 0 Å². The number of carbonyl (C=O) groups is 1. The van der Waals surface area contributed by atoms with Crippen LogP contribution < -0.4 is 0 Å². The van der Waals surface area contributed by atoms with Gasteiger partial charge in [0, 0.05) is 5.41 Å². The fraction of sp³-hybridized carbons (Fsp3) is 0.391. The molecule has 26 heavy (non-hydrogen) atoms. The third-order valence-electron chi connectivity index (χ3n) is 6.98. The van der Waals surface area contributed by atoms with Gasteiger partial charge in [-0.15, -0.1) is 0 Å². The maximum atomic E-state index is 12.4. The maximum absolute atomic E-state index is 12.4. The number of fused-ring (bicyclic) bond motifs is 2. The Hall–Kier alpha value is -2.42. The molecular weight excluding hydrogens is 322 g/mol. The maximum Gasteiger partial charge on any atom is 0.365 e. The summed E-state index contributed by atoms with van der Waals surface area (Å²) < 4.78 is 0. The highest BCUT2D eigenvalue weighted by molar-refractivity contribution is 5.95. The molecule has 0 heterocycles. The smallest absolute Gasteiger partial charge is 0.313 e. The van der Waals surface area contributed by atoms with Gasteiger partial charge in [0.2, 0.25) is 0 Å². The van der Waals surface area contributed by atoms with Crippen LogP contribution in [-0.4, -0.2) is 11.7 Å². The van der Waals surface area contributed by atoms with E-state index in [0.29, 0.717) is 11.5 Å². The Morgan fingerprint density at radius 1 is 1.00 bits per heavy atom. The summed E-state index contributed by atoms with van der Waals surface area (Å²) in [7, 11) is 0. The summed E-state index contributed by atoms with van der Waals surface area (Å²) in [5.41, 5.74) is 4.07. The molecular formula is C23H25NO2. The molecule has 2 aromatic rings. The van der Waals surface area contributed by atoms with Crippen LogP contribution in [-0.2, 0) is 4.84 Å². The van der Waals surface area contributed by atoms with Crippen molar-refractivity contribution in [1.29, 1.82) is 0 Å². The number of nitrogens with zero attached hydrogens (tertiary/aromatic N) is 1. The van der Waals surface area contributed by atoms with Crippen LogP contribution in [0.3, 0.4) is 0 Å². The third kappa shape index (κ3) is 2.57. The van der Waals surface area contributed by atoms with Gasteiger partial charge in [-0.05, 0) is 53.9 Å². The minimum Gasteiger partial charge on any atom is -0.313 e. The molecule has 0 amide bonds. The van der Waals surface area contributed by atoms with Gasteiger partial charge in [-0.1, -0.05) is 68.4 Å². The molecule has 134 valence electrons. The lowest BCUT2D eigenvalue weighted by molar-refractivity contribution is 0.0508. The van der Waals surface area contributed by atoms with E-state index in [2.05, 4.69) is 38.1 Å². The van der Waals surface area contributed by atoms with E-state index in [1.165, 1.54) is 6.42 Å². The molecule has 0 unspecified atom stereocenters. The van der Waals surface area contributed by atoms with Crippen molar-refractivity contribution in [3.63, 3.8) is 0 Å². The molecule has 2 aliphatic rings. The molecule has 4 rings (SSSR count). The molecule has 0 radical (unpaired) electrons. The van der Waals surface area contributed by atoms with E-state index in [0.717, 1.165) is 29.7 Å². The Balaban J connectivity index is 1.48. The van der Waals surface area contributed by atoms with Crippen molar-refractivity contribution in [2.75, 3.05) is 0 Å². The van der Waals surface area contributed by atoms with Crippen LogP contribution in [0, 0.1) is 16.7 Å². The number of benzene rings is 2. The third-order valence-corrected chi connectivity index (χ3v) is 6.98. The minimum absolute atomic E-state index is 0.0507. The van der Waals surface area contributed by atoms with Crippen molar-refractivity contribution in [3.05, 3.63) is 60.2 Å². The highest BCUT2D eigenvalue weighted by Gasteiger charge is 2.60. The first-order chi connectivity index (χ1) is 12.4. The summed E-state index contributed by atoms with van der Waals surface area (Å²) in [6.45, 7) is 6.90. The van der Waals surface area contributed by atoms with Gasteiger partial charge in [0.25, 0.3) is 0 Å². The van der Waals surface area contributed by atoms with Crippen LogP contribution in [0.15, 0.2) is 59.8 Å². The number of rotatable bonds is 3. The molecule has 0 aromatic heterocycles. The van der Waals surface area contributed by atoms with Crippen molar-refractivity contribution < 1.29 is 9.63 Å². The van der Waals surface area contributed by atoms with Crippen LogP contribution in [0.1, 0.15) is 50.4 Å². The lowest BCUT2D eigenvalue weighted by Gasteiger charge is -2.34. The molecule has 2 aromatic carbocycles. The van der Waals surface area contributed by atoms with E-state index in [1.807, 2.05) is 30.3 Å². The average Bonchev–Trinajstić information content (AvgIpc) is 3.00. The van der Waals surface area contributed by atoms with Crippen LogP contribution in [0.5, 0.6) is 0 Å². The lowest BCUT2D eigenvalue weighted by atomic mass is 9.70. The zero-order valence-corrected chi connectivity index (χ0v) is 15.7. The van der Waals surface area contributed by atoms with Gasteiger partial charge in [0.15, 0.2) is 0 Å². The topological polar surface area (TPSA) is 38.7 Å². The van der Waals surface area contributed by atoms with Crippen molar-refractivity contribution in [3.8, 4) is 11.1 Å². The van der Waals surface area contributed by atoms with Gasteiger partial charge in [-0.3, -0.25) is 0 Å². The van der Waals surface area contributed by atoms with E-state index in [4.69, 9.17) is 4.84 Å². The molecule has 0 saturated heterocycles. The van der Waals surface area contributed by atoms with Gasteiger partial charge in [-0.2, -0.15) is 0 Å².